The minimum atomic E-state index is 0.782. The summed E-state index contributed by atoms with van der Waals surface area (Å²) >= 11 is 2.00. The van der Waals surface area contributed by atoms with E-state index in [1.165, 1.54) is 50.9 Å². The first-order valence-corrected chi connectivity index (χ1v) is 8.33. The lowest BCUT2D eigenvalue weighted by atomic mass is 9.88. The van der Waals surface area contributed by atoms with Gasteiger partial charge in [0.15, 0.2) is 0 Å². The summed E-state index contributed by atoms with van der Waals surface area (Å²) in [5.41, 5.74) is 0. The second kappa shape index (κ2) is 8.41. The summed E-state index contributed by atoms with van der Waals surface area (Å²) in [5, 5.41) is 3.66. The molecule has 0 aromatic rings. The van der Waals surface area contributed by atoms with Crippen molar-refractivity contribution in [1.82, 2.24) is 5.32 Å². The van der Waals surface area contributed by atoms with Gasteiger partial charge >= 0.3 is 0 Å². The van der Waals surface area contributed by atoms with Crippen molar-refractivity contribution in [3.05, 3.63) is 0 Å². The summed E-state index contributed by atoms with van der Waals surface area (Å²) in [4.78, 5) is 0. The highest BCUT2D eigenvalue weighted by Crippen LogP contribution is 2.33. The molecule has 0 spiro atoms. The second-order valence-electron chi connectivity index (χ2n) is 5.64. The van der Waals surface area contributed by atoms with Crippen molar-refractivity contribution in [1.29, 1.82) is 0 Å². The molecule has 1 nitrogen and oxygen atoms in total. The van der Waals surface area contributed by atoms with Gasteiger partial charge in [0.2, 0.25) is 0 Å². The second-order valence-corrected chi connectivity index (χ2v) is 6.62. The van der Waals surface area contributed by atoms with E-state index in [4.69, 9.17) is 0 Å². The Balaban J connectivity index is 2.25. The SMILES string of the molecule is CSCCC(CNCC(C)C)C1CCCC1. The van der Waals surface area contributed by atoms with Crippen molar-refractivity contribution < 1.29 is 0 Å². The predicted octanol–water partition coefficient (Wildman–Crippen LogP) is 3.79. The maximum Gasteiger partial charge on any atom is -0.00175 e. The molecule has 0 heterocycles. The molecule has 1 unspecified atom stereocenters. The zero-order chi connectivity index (χ0) is 11.8. The van der Waals surface area contributed by atoms with Gasteiger partial charge in [-0.05, 0) is 49.3 Å². The van der Waals surface area contributed by atoms with Crippen LogP contribution in [0.1, 0.15) is 46.0 Å². The van der Waals surface area contributed by atoms with Gasteiger partial charge in [-0.1, -0.05) is 39.5 Å². The number of rotatable bonds is 8. The van der Waals surface area contributed by atoms with Gasteiger partial charge < -0.3 is 5.32 Å². The lowest BCUT2D eigenvalue weighted by Crippen LogP contribution is -2.30. The van der Waals surface area contributed by atoms with Gasteiger partial charge in [-0.25, -0.2) is 0 Å². The van der Waals surface area contributed by atoms with E-state index >= 15 is 0 Å². The molecular formula is C14H29NS. The Hall–Kier alpha value is 0.310. The fourth-order valence-electron chi connectivity index (χ4n) is 2.76. The molecule has 0 bridgehead atoms. The highest BCUT2D eigenvalue weighted by molar-refractivity contribution is 7.98. The van der Waals surface area contributed by atoms with Crippen LogP contribution in [0.2, 0.25) is 0 Å². The van der Waals surface area contributed by atoms with Crippen molar-refractivity contribution in [2.24, 2.45) is 17.8 Å². The topological polar surface area (TPSA) is 12.0 Å². The quantitative estimate of drug-likeness (QED) is 0.696. The van der Waals surface area contributed by atoms with Gasteiger partial charge in [0, 0.05) is 0 Å². The van der Waals surface area contributed by atoms with E-state index in [0.29, 0.717) is 0 Å². The van der Waals surface area contributed by atoms with Gasteiger partial charge in [-0.15, -0.1) is 0 Å². The minimum absolute atomic E-state index is 0.782. The number of thioether (sulfide) groups is 1. The summed E-state index contributed by atoms with van der Waals surface area (Å²) in [6, 6.07) is 0. The minimum Gasteiger partial charge on any atom is -0.316 e. The van der Waals surface area contributed by atoms with E-state index in [-0.39, 0.29) is 0 Å². The average Bonchev–Trinajstić information content (AvgIpc) is 2.75. The fourth-order valence-corrected chi connectivity index (χ4v) is 3.30. The van der Waals surface area contributed by atoms with Crippen LogP contribution in [0.4, 0.5) is 0 Å². The van der Waals surface area contributed by atoms with Crippen molar-refractivity contribution in [3.8, 4) is 0 Å². The molecule has 0 aromatic carbocycles. The zero-order valence-electron chi connectivity index (χ0n) is 11.3. The summed E-state index contributed by atoms with van der Waals surface area (Å²) in [5.74, 6) is 4.08. The van der Waals surface area contributed by atoms with Gasteiger partial charge in [0.1, 0.15) is 0 Å². The smallest absolute Gasteiger partial charge is 0.00175 e. The predicted molar refractivity (Wildman–Crippen MR) is 76.2 cm³/mol. The molecule has 1 rings (SSSR count). The molecule has 0 radical (unpaired) electrons. The third-order valence-corrected chi connectivity index (χ3v) is 4.36. The molecule has 0 amide bonds. The maximum atomic E-state index is 3.66. The third-order valence-electron chi connectivity index (χ3n) is 3.72. The van der Waals surface area contributed by atoms with E-state index in [1.807, 2.05) is 11.8 Å². The molecular weight excluding hydrogens is 214 g/mol. The Kier molecular flexibility index (Phi) is 7.55. The standard InChI is InChI=1S/C14H29NS/c1-12(2)10-15-11-14(8-9-16-3)13-6-4-5-7-13/h12-15H,4-11H2,1-3H3. The number of nitrogens with one attached hydrogen (secondary N) is 1. The monoisotopic (exact) mass is 243 g/mol. The summed E-state index contributed by atoms with van der Waals surface area (Å²) in [7, 11) is 0. The zero-order valence-corrected chi connectivity index (χ0v) is 12.1. The van der Waals surface area contributed by atoms with E-state index in [2.05, 4.69) is 25.4 Å². The lowest BCUT2D eigenvalue weighted by molar-refractivity contribution is 0.311. The molecule has 1 atom stereocenters. The fraction of sp³-hybridized carbons (Fsp3) is 1.00. The first-order valence-electron chi connectivity index (χ1n) is 6.93. The lowest BCUT2D eigenvalue weighted by Gasteiger charge is -2.24. The average molecular weight is 243 g/mol. The molecule has 96 valence electrons. The van der Waals surface area contributed by atoms with Crippen LogP contribution in [0.25, 0.3) is 0 Å². The van der Waals surface area contributed by atoms with E-state index in [1.54, 1.807) is 0 Å². The first kappa shape index (κ1) is 14.4. The summed E-state index contributed by atoms with van der Waals surface area (Å²) in [6.45, 7) is 7.02. The van der Waals surface area contributed by atoms with Crippen LogP contribution in [0.5, 0.6) is 0 Å². The summed E-state index contributed by atoms with van der Waals surface area (Å²) in [6.07, 6.45) is 9.57. The maximum absolute atomic E-state index is 3.66. The van der Waals surface area contributed by atoms with Crippen LogP contribution in [0, 0.1) is 17.8 Å². The van der Waals surface area contributed by atoms with Crippen LogP contribution in [0.3, 0.4) is 0 Å². The Morgan fingerprint density at radius 2 is 1.88 bits per heavy atom. The van der Waals surface area contributed by atoms with Crippen LogP contribution >= 0.6 is 11.8 Å². The van der Waals surface area contributed by atoms with Crippen molar-refractivity contribution >= 4 is 11.8 Å². The van der Waals surface area contributed by atoms with Crippen LogP contribution in [-0.2, 0) is 0 Å². The first-order chi connectivity index (χ1) is 7.74. The molecule has 16 heavy (non-hydrogen) atoms. The van der Waals surface area contributed by atoms with E-state index in [9.17, 15) is 0 Å². The molecule has 1 aliphatic carbocycles. The van der Waals surface area contributed by atoms with Gasteiger partial charge in [0.25, 0.3) is 0 Å². The largest absolute Gasteiger partial charge is 0.316 e. The van der Waals surface area contributed by atoms with Crippen LogP contribution < -0.4 is 5.32 Å². The van der Waals surface area contributed by atoms with Gasteiger partial charge in [-0.2, -0.15) is 11.8 Å². The van der Waals surface area contributed by atoms with Crippen LogP contribution in [-0.4, -0.2) is 25.1 Å². The van der Waals surface area contributed by atoms with Crippen LogP contribution in [0.15, 0.2) is 0 Å². The molecule has 1 fully saturated rings. The van der Waals surface area contributed by atoms with Crippen molar-refractivity contribution in [2.75, 3.05) is 25.1 Å². The Morgan fingerprint density at radius 3 is 2.44 bits per heavy atom. The van der Waals surface area contributed by atoms with E-state index < -0.39 is 0 Å². The summed E-state index contributed by atoms with van der Waals surface area (Å²) < 4.78 is 0. The highest BCUT2D eigenvalue weighted by Gasteiger charge is 2.24. The van der Waals surface area contributed by atoms with Crippen molar-refractivity contribution in [3.63, 3.8) is 0 Å². The molecule has 0 saturated heterocycles. The molecule has 1 saturated carbocycles. The normalized spacial score (nSPS) is 19.5. The van der Waals surface area contributed by atoms with E-state index in [0.717, 1.165) is 17.8 Å². The third kappa shape index (κ3) is 5.58. The van der Waals surface area contributed by atoms with Crippen molar-refractivity contribution in [2.45, 2.75) is 46.0 Å². The number of hydrogen-bond acceptors (Lipinski definition) is 2. The molecule has 1 N–H and O–H groups in total. The Labute approximate surface area is 106 Å². The molecule has 0 aromatic heterocycles. The Bertz CT molecular complexity index is 164. The van der Waals surface area contributed by atoms with Gasteiger partial charge in [-0.3, -0.25) is 0 Å². The Morgan fingerprint density at radius 1 is 1.19 bits per heavy atom. The molecule has 0 aliphatic heterocycles. The highest BCUT2D eigenvalue weighted by atomic mass is 32.2. The molecule has 1 aliphatic rings. The van der Waals surface area contributed by atoms with Gasteiger partial charge in [0.05, 0.1) is 0 Å². The molecule has 2 heteroatoms. The number of hydrogen-bond donors (Lipinski definition) is 1.